The second-order valence-corrected chi connectivity index (χ2v) is 7.13. The average molecular weight is 387 g/mol. The van der Waals surface area contributed by atoms with Crippen LogP contribution in [0.3, 0.4) is 0 Å². The Kier molecular flexibility index (Phi) is 5.39. The summed E-state index contributed by atoms with van der Waals surface area (Å²) >= 11 is 7.08. The molecule has 26 heavy (non-hydrogen) atoms. The van der Waals surface area contributed by atoms with E-state index < -0.39 is 4.92 Å². The molecule has 132 valence electrons. The SMILES string of the molecule is Cc1ccc(C)c(Nc2ncnc(Sc3ccc(Cl)cc3)c2[N+](=O)[O-])c1. The van der Waals surface area contributed by atoms with Crippen LogP contribution in [0.2, 0.25) is 5.02 Å². The van der Waals surface area contributed by atoms with E-state index in [2.05, 4.69) is 15.3 Å². The zero-order chi connectivity index (χ0) is 18.7. The van der Waals surface area contributed by atoms with Gasteiger partial charge in [-0.2, -0.15) is 0 Å². The zero-order valence-corrected chi connectivity index (χ0v) is 15.6. The molecule has 0 atom stereocenters. The highest BCUT2D eigenvalue weighted by molar-refractivity contribution is 7.99. The van der Waals surface area contributed by atoms with Crippen molar-refractivity contribution in [3.63, 3.8) is 0 Å². The number of halogens is 1. The van der Waals surface area contributed by atoms with E-state index in [1.165, 1.54) is 18.1 Å². The molecular weight excluding hydrogens is 372 g/mol. The van der Waals surface area contributed by atoms with E-state index in [9.17, 15) is 10.1 Å². The lowest BCUT2D eigenvalue weighted by molar-refractivity contribution is -0.387. The van der Waals surface area contributed by atoms with Gasteiger partial charge in [-0.3, -0.25) is 10.1 Å². The number of nitrogens with one attached hydrogen (secondary N) is 1. The summed E-state index contributed by atoms with van der Waals surface area (Å²) in [5.41, 5.74) is 2.63. The number of benzene rings is 2. The molecule has 0 unspecified atom stereocenters. The Morgan fingerprint density at radius 3 is 2.54 bits per heavy atom. The number of hydrogen-bond acceptors (Lipinski definition) is 6. The van der Waals surface area contributed by atoms with Crippen molar-refractivity contribution in [2.45, 2.75) is 23.8 Å². The van der Waals surface area contributed by atoms with E-state index in [-0.39, 0.29) is 16.5 Å². The normalized spacial score (nSPS) is 10.6. The van der Waals surface area contributed by atoms with Crippen LogP contribution in [0.4, 0.5) is 17.2 Å². The zero-order valence-electron chi connectivity index (χ0n) is 14.1. The second-order valence-electron chi connectivity index (χ2n) is 5.63. The van der Waals surface area contributed by atoms with Crippen LogP contribution >= 0.6 is 23.4 Å². The highest BCUT2D eigenvalue weighted by atomic mass is 35.5. The molecule has 0 bridgehead atoms. The predicted octanol–water partition coefficient (Wildman–Crippen LogP) is 5.55. The summed E-state index contributed by atoms with van der Waals surface area (Å²) in [4.78, 5) is 20.2. The van der Waals surface area contributed by atoms with E-state index in [0.29, 0.717) is 5.02 Å². The van der Waals surface area contributed by atoms with Crippen molar-refractivity contribution in [1.82, 2.24) is 9.97 Å². The largest absolute Gasteiger partial charge is 0.343 e. The van der Waals surface area contributed by atoms with E-state index in [1.807, 2.05) is 32.0 Å². The molecule has 0 saturated heterocycles. The van der Waals surface area contributed by atoms with Crippen molar-refractivity contribution < 1.29 is 4.92 Å². The third-order valence-electron chi connectivity index (χ3n) is 3.65. The monoisotopic (exact) mass is 386 g/mol. The van der Waals surface area contributed by atoms with Crippen molar-refractivity contribution in [3.05, 3.63) is 75.1 Å². The summed E-state index contributed by atoms with van der Waals surface area (Å²) in [6.07, 6.45) is 1.32. The van der Waals surface area contributed by atoms with Crippen molar-refractivity contribution in [3.8, 4) is 0 Å². The van der Waals surface area contributed by atoms with Crippen molar-refractivity contribution in [1.29, 1.82) is 0 Å². The van der Waals surface area contributed by atoms with Crippen LogP contribution in [0.5, 0.6) is 0 Å². The van der Waals surface area contributed by atoms with E-state index in [4.69, 9.17) is 11.6 Å². The topological polar surface area (TPSA) is 81.0 Å². The molecular formula is C18H15ClN4O2S. The summed E-state index contributed by atoms with van der Waals surface area (Å²) in [6.45, 7) is 3.89. The van der Waals surface area contributed by atoms with Crippen molar-refractivity contribution in [2.75, 3.05) is 5.32 Å². The van der Waals surface area contributed by atoms with E-state index in [1.54, 1.807) is 24.3 Å². The van der Waals surface area contributed by atoms with Gasteiger partial charge in [0, 0.05) is 15.6 Å². The fourth-order valence-electron chi connectivity index (χ4n) is 2.31. The first kappa shape index (κ1) is 18.2. The van der Waals surface area contributed by atoms with E-state index in [0.717, 1.165) is 21.7 Å². The Labute approximate surface area is 159 Å². The lowest BCUT2D eigenvalue weighted by atomic mass is 10.1. The molecule has 0 spiro atoms. The number of rotatable bonds is 5. The van der Waals surface area contributed by atoms with Crippen LogP contribution in [-0.2, 0) is 0 Å². The molecule has 1 aromatic heterocycles. The maximum atomic E-state index is 11.7. The lowest BCUT2D eigenvalue weighted by Crippen LogP contribution is -2.03. The standard InChI is InChI=1S/C18H15ClN4O2S/c1-11-3-4-12(2)15(9-11)22-17-16(23(24)25)18(21-10-20-17)26-14-7-5-13(19)6-8-14/h3-10H,1-2H3,(H,20,21,22). The minimum atomic E-state index is -0.467. The van der Waals surface area contributed by atoms with Gasteiger partial charge in [0.15, 0.2) is 5.03 Å². The first-order chi connectivity index (χ1) is 12.4. The Hall–Kier alpha value is -2.64. The van der Waals surface area contributed by atoms with Gasteiger partial charge in [-0.25, -0.2) is 9.97 Å². The second kappa shape index (κ2) is 7.72. The van der Waals surface area contributed by atoms with Crippen LogP contribution in [0.1, 0.15) is 11.1 Å². The van der Waals surface area contributed by atoms with Gasteiger partial charge in [-0.15, -0.1) is 0 Å². The molecule has 1 N–H and O–H groups in total. The fraction of sp³-hybridized carbons (Fsp3) is 0.111. The molecule has 0 fully saturated rings. The van der Waals surface area contributed by atoms with Gasteiger partial charge in [0.25, 0.3) is 0 Å². The van der Waals surface area contributed by atoms with Crippen LogP contribution in [0.15, 0.2) is 58.7 Å². The molecule has 6 nitrogen and oxygen atoms in total. The molecule has 8 heteroatoms. The summed E-state index contributed by atoms with van der Waals surface area (Å²) in [5, 5.41) is 15.6. The van der Waals surface area contributed by atoms with Crippen LogP contribution in [0, 0.1) is 24.0 Å². The summed E-state index contributed by atoms with van der Waals surface area (Å²) in [6, 6.07) is 12.9. The number of anilines is 2. The highest BCUT2D eigenvalue weighted by Gasteiger charge is 2.24. The molecule has 1 heterocycles. The quantitative estimate of drug-likeness (QED) is 0.351. The van der Waals surface area contributed by atoms with Crippen LogP contribution < -0.4 is 5.32 Å². The highest BCUT2D eigenvalue weighted by Crippen LogP contribution is 2.38. The molecule has 0 saturated carbocycles. The molecule has 0 aliphatic carbocycles. The minimum absolute atomic E-state index is 0.159. The number of nitrogens with zero attached hydrogens (tertiary/aromatic N) is 3. The maximum Gasteiger partial charge on any atom is 0.343 e. The smallest absolute Gasteiger partial charge is 0.334 e. The lowest BCUT2D eigenvalue weighted by Gasteiger charge is -2.11. The summed E-state index contributed by atoms with van der Waals surface area (Å²) in [5.74, 6) is 0.162. The predicted molar refractivity (Wildman–Crippen MR) is 103 cm³/mol. The van der Waals surface area contributed by atoms with Gasteiger partial charge in [-0.1, -0.05) is 35.5 Å². The number of nitro groups is 1. The average Bonchev–Trinajstić information content (AvgIpc) is 2.60. The Balaban J connectivity index is 1.99. The first-order valence-electron chi connectivity index (χ1n) is 7.71. The van der Waals surface area contributed by atoms with E-state index >= 15 is 0 Å². The Morgan fingerprint density at radius 2 is 1.85 bits per heavy atom. The summed E-state index contributed by atoms with van der Waals surface area (Å²) < 4.78 is 0. The molecule has 3 aromatic rings. The van der Waals surface area contributed by atoms with Crippen molar-refractivity contribution >= 4 is 40.6 Å². The van der Waals surface area contributed by atoms with Crippen LogP contribution in [-0.4, -0.2) is 14.9 Å². The Bertz CT molecular complexity index is 964. The fourth-order valence-corrected chi connectivity index (χ4v) is 3.29. The van der Waals surface area contributed by atoms with Gasteiger partial charge < -0.3 is 5.32 Å². The molecule has 0 radical (unpaired) electrons. The molecule has 0 amide bonds. The van der Waals surface area contributed by atoms with Gasteiger partial charge in [-0.05, 0) is 55.3 Å². The maximum absolute atomic E-state index is 11.7. The summed E-state index contributed by atoms with van der Waals surface area (Å²) in [7, 11) is 0. The van der Waals surface area contributed by atoms with Gasteiger partial charge in [0.1, 0.15) is 6.33 Å². The first-order valence-corrected chi connectivity index (χ1v) is 8.90. The van der Waals surface area contributed by atoms with Crippen LogP contribution in [0.25, 0.3) is 0 Å². The number of aryl methyl sites for hydroxylation is 2. The molecule has 2 aromatic carbocycles. The van der Waals surface area contributed by atoms with Crippen molar-refractivity contribution in [2.24, 2.45) is 0 Å². The van der Waals surface area contributed by atoms with Gasteiger partial charge in [0.2, 0.25) is 5.82 Å². The van der Waals surface area contributed by atoms with Gasteiger partial charge >= 0.3 is 5.69 Å². The third-order valence-corrected chi connectivity index (χ3v) is 4.90. The third kappa shape index (κ3) is 4.12. The number of aromatic nitrogens is 2. The molecule has 0 aliphatic rings. The molecule has 3 rings (SSSR count). The minimum Gasteiger partial charge on any atom is -0.334 e. The van der Waals surface area contributed by atoms with Gasteiger partial charge in [0.05, 0.1) is 4.92 Å². The molecule has 0 aliphatic heterocycles. The number of hydrogen-bond donors (Lipinski definition) is 1. The Morgan fingerprint density at radius 1 is 1.12 bits per heavy atom.